The van der Waals surface area contributed by atoms with E-state index >= 15 is 0 Å². The SMILES string of the molecule is Cn1cnn(CCC(N)=O)c1=O. The Balaban J connectivity index is 2.70. The van der Waals surface area contributed by atoms with Crippen LogP contribution in [0, 0.1) is 0 Å². The summed E-state index contributed by atoms with van der Waals surface area (Å²) in [6.45, 7) is 0.245. The van der Waals surface area contributed by atoms with Gasteiger partial charge in [0.15, 0.2) is 0 Å². The predicted molar refractivity (Wildman–Crippen MR) is 41.3 cm³/mol. The van der Waals surface area contributed by atoms with Crippen LogP contribution in [0.3, 0.4) is 0 Å². The second-order valence-corrected chi connectivity index (χ2v) is 2.46. The van der Waals surface area contributed by atoms with Gasteiger partial charge in [0.2, 0.25) is 5.91 Å². The number of hydrogen-bond acceptors (Lipinski definition) is 3. The van der Waals surface area contributed by atoms with Gasteiger partial charge in [0.25, 0.3) is 0 Å². The van der Waals surface area contributed by atoms with Crippen LogP contribution in [0.1, 0.15) is 6.42 Å². The minimum absolute atomic E-state index is 0.136. The number of amides is 1. The molecule has 0 bridgehead atoms. The standard InChI is InChI=1S/C6H10N4O2/c1-9-4-8-10(6(9)12)3-2-5(7)11/h4H,2-3H2,1H3,(H2,7,11). The first-order valence-corrected chi connectivity index (χ1v) is 3.48. The average Bonchev–Trinajstić information content (AvgIpc) is 2.30. The molecule has 1 amide bonds. The van der Waals surface area contributed by atoms with Gasteiger partial charge < -0.3 is 5.73 Å². The van der Waals surface area contributed by atoms with Gasteiger partial charge in [-0.25, -0.2) is 9.48 Å². The second kappa shape index (κ2) is 3.21. The maximum Gasteiger partial charge on any atom is 0.345 e. The Morgan fingerprint density at radius 2 is 2.42 bits per heavy atom. The van der Waals surface area contributed by atoms with Crippen molar-refractivity contribution in [2.45, 2.75) is 13.0 Å². The first kappa shape index (κ1) is 8.51. The Bertz CT molecular complexity index is 338. The fourth-order valence-electron chi connectivity index (χ4n) is 0.790. The Morgan fingerprint density at radius 1 is 1.75 bits per heavy atom. The Kier molecular flexibility index (Phi) is 2.27. The average molecular weight is 170 g/mol. The smallest absolute Gasteiger partial charge is 0.345 e. The fourth-order valence-corrected chi connectivity index (χ4v) is 0.790. The summed E-state index contributed by atoms with van der Waals surface area (Å²) in [5, 5.41) is 3.75. The van der Waals surface area contributed by atoms with Crippen LogP contribution in [-0.4, -0.2) is 20.3 Å². The van der Waals surface area contributed by atoms with E-state index < -0.39 is 5.91 Å². The van der Waals surface area contributed by atoms with Crippen molar-refractivity contribution in [1.29, 1.82) is 0 Å². The lowest BCUT2D eigenvalue weighted by molar-refractivity contribution is -0.118. The quantitative estimate of drug-likeness (QED) is 0.596. The third-order valence-electron chi connectivity index (χ3n) is 1.46. The number of carbonyl (C=O) groups is 1. The molecule has 1 rings (SSSR count). The molecule has 0 saturated heterocycles. The van der Waals surface area contributed by atoms with E-state index in [2.05, 4.69) is 5.10 Å². The largest absolute Gasteiger partial charge is 0.370 e. The third-order valence-corrected chi connectivity index (χ3v) is 1.46. The van der Waals surface area contributed by atoms with E-state index in [1.807, 2.05) is 0 Å². The molecule has 0 saturated carbocycles. The van der Waals surface area contributed by atoms with Crippen LogP contribution in [0.2, 0.25) is 0 Å². The minimum Gasteiger partial charge on any atom is -0.370 e. The first-order chi connectivity index (χ1) is 5.61. The van der Waals surface area contributed by atoms with Crippen LogP contribution in [0.15, 0.2) is 11.1 Å². The highest BCUT2D eigenvalue weighted by Gasteiger charge is 2.01. The molecule has 1 aromatic rings. The molecule has 0 fully saturated rings. The monoisotopic (exact) mass is 170 g/mol. The van der Waals surface area contributed by atoms with Gasteiger partial charge in [-0.15, -0.1) is 0 Å². The van der Waals surface area contributed by atoms with Crippen LogP contribution in [0.25, 0.3) is 0 Å². The summed E-state index contributed by atoms with van der Waals surface area (Å²) in [7, 11) is 1.59. The third kappa shape index (κ3) is 1.71. The molecular formula is C6H10N4O2. The van der Waals surface area contributed by atoms with E-state index in [0.29, 0.717) is 0 Å². The fraction of sp³-hybridized carbons (Fsp3) is 0.500. The molecule has 0 aromatic carbocycles. The molecule has 2 N–H and O–H groups in total. The van der Waals surface area contributed by atoms with Crippen LogP contribution < -0.4 is 11.4 Å². The van der Waals surface area contributed by atoms with Crippen LogP contribution >= 0.6 is 0 Å². The Morgan fingerprint density at radius 3 is 2.83 bits per heavy atom. The number of aromatic nitrogens is 3. The molecule has 1 aromatic heterocycles. The van der Waals surface area contributed by atoms with Crippen molar-refractivity contribution in [2.24, 2.45) is 12.8 Å². The van der Waals surface area contributed by atoms with Crippen molar-refractivity contribution < 1.29 is 4.79 Å². The number of carbonyl (C=O) groups excluding carboxylic acids is 1. The number of nitrogens with two attached hydrogens (primary N) is 1. The highest BCUT2D eigenvalue weighted by molar-refractivity contribution is 5.73. The summed E-state index contributed by atoms with van der Waals surface area (Å²) in [5.74, 6) is -0.437. The first-order valence-electron chi connectivity index (χ1n) is 3.48. The normalized spacial score (nSPS) is 10.1. The second-order valence-electron chi connectivity index (χ2n) is 2.46. The summed E-state index contributed by atoms with van der Waals surface area (Å²) in [4.78, 5) is 21.5. The number of hydrogen-bond donors (Lipinski definition) is 1. The van der Waals surface area contributed by atoms with Gasteiger partial charge in [-0.3, -0.25) is 9.36 Å². The lowest BCUT2D eigenvalue weighted by atomic mass is 10.4. The van der Waals surface area contributed by atoms with E-state index in [1.165, 1.54) is 15.6 Å². The van der Waals surface area contributed by atoms with Gasteiger partial charge >= 0.3 is 5.69 Å². The molecule has 0 aliphatic rings. The van der Waals surface area contributed by atoms with Crippen molar-refractivity contribution in [1.82, 2.24) is 14.3 Å². The van der Waals surface area contributed by atoms with E-state index in [4.69, 9.17) is 5.73 Å². The van der Waals surface area contributed by atoms with Crippen molar-refractivity contribution in [3.8, 4) is 0 Å². The maximum absolute atomic E-state index is 11.1. The van der Waals surface area contributed by atoms with E-state index in [9.17, 15) is 9.59 Å². The van der Waals surface area contributed by atoms with E-state index in [-0.39, 0.29) is 18.7 Å². The summed E-state index contributed by atoms with van der Waals surface area (Å²) < 4.78 is 2.53. The summed E-state index contributed by atoms with van der Waals surface area (Å²) >= 11 is 0. The molecule has 6 nitrogen and oxygen atoms in total. The number of aryl methyl sites for hydroxylation is 2. The Hall–Kier alpha value is -1.59. The predicted octanol–water partition coefficient (Wildman–Crippen LogP) is -1.54. The molecule has 1 heterocycles. The molecule has 6 heteroatoms. The molecule has 0 radical (unpaired) electrons. The van der Waals surface area contributed by atoms with Crippen molar-refractivity contribution in [3.05, 3.63) is 16.8 Å². The molecule has 0 spiro atoms. The minimum atomic E-state index is -0.437. The summed E-state index contributed by atoms with van der Waals surface area (Å²) in [6, 6.07) is 0. The molecule has 12 heavy (non-hydrogen) atoms. The van der Waals surface area contributed by atoms with Crippen LogP contribution in [0.4, 0.5) is 0 Å². The molecule has 0 aliphatic heterocycles. The van der Waals surface area contributed by atoms with Gasteiger partial charge in [0, 0.05) is 13.5 Å². The maximum atomic E-state index is 11.1. The van der Waals surface area contributed by atoms with Gasteiger partial charge in [0.1, 0.15) is 6.33 Å². The van der Waals surface area contributed by atoms with Crippen molar-refractivity contribution in [3.63, 3.8) is 0 Å². The van der Waals surface area contributed by atoms with Crippen molar-refractivity contribution >= 4 is 5.91 Å². The number of primary amides is 1. The van der Waals surface area contributed by atoms with Crippen LogP contribution in [0.5, 0.6) is 0 Å². The highest BCUT2D eigenvalue weighted by atomic mass is 16.2. The molecule has 0 atom stereocenters. The zero-order valence-corrected chi connectivity index (χ0v) is 6.73. The zero-order valence-electron chi connectivity index (χ0n) is 6.73. The topological polar surface area (TPSA) is 82.9 Å². The van der Waals surface area contributed by atoms with Crippen molar-refractivity contribution in [2.75, 3.05) is 0 Å². The molecular weight excluding hydrogens is 160 g/mol. The highest BCUT2D eigenvalue weighted by Crippen LogP contribution is 1.81. The lowest BCUT2D eigenvalue weighted by Gasteiger charge is -1.94. The Labute approximate surface area is 68.6 Å². The zero-order chi connectivity index (χ0) is 9.14. The van der Waals surface area contributed by atoms with Gasteiger partial charge in [-0.2, -0.15) is 5.10 Å². The summed E-state index contributed by atoms with van der Waals surface area (Å²) in [6.07, 6.45) is 1.53. The van der Waals surface area contributed by atoms with Gasteiger partial charge in [-0.1, -0.05) is 0 Å². The summed E-state index contributed by atoms with van der Waals surface area (Å²) in [5.41, 5.74) is 4.67. The van der Waals surface area contributed by atoms with Gasteiger partial charge in [-0.05, 0) is 0 Å². The number of rotatable bonds is 3. The van der Waals surface area contributed by atoms with E-state index in [1.54, 1.807) is 7.05 Å². The van der Waals surface area contributed by atoms with Gasteiger partial charge in [0.05, 0.1) is 6.54 Å². The molecule has 0 unspecified atom stereocenters. The lowest BCUT2D eigenvalue weighted by Crippen LogP contribution is -2.25. The van der Waals surface area contributed by atoms with E-state index in [0.717, 1.165) is 0 Å². The van der Waals surface area contributed by atoms with Crippen LogP contribution in [-0.2, 0) is 18.4 Å². The molecule has 0 aliphatic carbocycles. The molecule has 66 valence electrons. The number of nitrogens with zero attached hydrogens (tertiary/aromatic N) is 3.